The van der Waals surface area contributed by atoms with Crippen LogP contribution in [0.15, 0.2) is 15.8 Å². The highest BCUT2D eigenvalue weighted by atomic mass is 16.5. The number of H-pyrrole nitrogens is 1. The van der Waals surface area contributed by atoms with Gasteiger partial charge in [0.15, 0.2) is 5.75 Å². The Balaban J connectivity index is 2.34. The molecule has 0 saturated carbocycles. The van der Waals surface area contributed by atoms with Gasteiger partial charge in [0, 0.05) is 6.42 Å². The summed E-state index contributed by atoms with van der Waals surface area (Å²) >= 11 is 0. The molecule has 4 N–H and O–H groups in total. The van der Waals surface area contributed by atoms with Crippen LogP contribution in [-0.2, 0) is 4.74 Å². The normalized spacial score (nSPS) is 28.5. The number of aliphatic hydroxyl groups is 2. The molecular weight excluding hydrogens is 232 g/mol. The summed E-state index contributed by atoms with van der Waals surface area (Å²) in [5, 5.41) is 27.6. The van der Waals surface area contributed by atoms with Crippen molar-refractivity contribution < 1.29 is 20.1 Å². The van der Waals surface area contributed by atoms with Crippen LogP contribution in [0.3, 0.4) is 0 Å². The summed E-state index contributed by atoms with van der Waals surface area (Å²) in [6.45, 7) is -0.373. The van der Waals surface area contributed by atoms with Crippen molar-refractivity contribution in [1.82, 2.24) is 9.55 Å². The quantitative estimate of drug-likeness (QED) is 0.471. The van der Waals surface area contributed by atoms with Crippen LogP contribution in [0.4, 0.5) is 0 Å². The molecule has 0 spiro atoms. The molecule has 1 aromatic rings. The van der Waals surface area contributed by atoms with Crippen molar-refractivity contribution >= 4 is 0 Å². The molecule has 8 nitrogen and oxygen atoms in total. The summed E-state index contributed by atoms with van der Waals surface area (Å²) < 4.78 is 6.18. The Morgan fingerprint density at radius 2 is 2.24 bits per heavy atom. The van der Waals surface area contributed by atoms with Crippen LogP contribution >= 0.6 is 0 Å². The first kappa shape index (κ1) is 11.8. The van der Waals surface area contributed by atoms with Crippen LogP contribution in [0.5, 0.6) is 5.75 Å². The highest BCUT2D eigenvalue weighted by Gasteiger charge is 2.35. The summed E-state index contributed by atoms with van der Waals surface area (Å²) in [6.07, 6.45) is -1.46. The zero-order valence-corrected chi connectivity index (χ0v) is 8.74. The fraction of sp³-hybridized carbons (Fsp3) is 0.556. The molecule has 1 aliphatic heterocycles. The van der Waals surface area contributed by atoms with E-state index in [0.29, 0.717) is 0 Å². The fourth-order valence-corrected chi connectivity index (χ4v) is 1.74. The SMILES string of the molecule is O=c1[nH]c(=O)n([C@H]2CC(O)[C@@H](CO)O2)cc1O. The number of ether oxygens (including phenoxy) is 1. The minimum absolute atomic E-state index is 0.0939. The van der Waals surface area contributed by atoms with E-state index in [9.17, 15) is 19.8 Å². The molecule has 2 heterocycles. The summed E-state index contributed by atoms with van der Waals surface area (Å²) in [4.78, 5) is 24.3. The largest absolute Gasteiger partial charge is 0.502 e. The van der Waals surface area contributed by atoms with E-state index < -0.39 is 35.4 Å². The number of nitrogens with one attached hydrogen (secondary N) is 1. The molecule has 8 heteroatoms. The molecule has 1 aromatic heterocycles. The van der Waals surface area contributed by atoms with Gasteiger partial charge in [-0.15, -0.1) is 0 Å². The van der Waals surface area contributed by atoms with Crippen LogP contribution in [0.1, 0.15) is 12.6 Å². The van der Waals surface area contributed by atoms with Crippen molar-refractivity contribution in [2.24, 2.45) is 0 Å². The van der Waals surface area contributed by atoms with E-state index in [1.54, 1.807) is 0 Å². The Kier molecular flexibility index (Phi) is 3.01. The molecule has 0 radical (unpaired) electrons. The van der Waals surface area contributed by atoms with Gasteiger partial charge in [-0.05, 0) is 0 Å². The van der Waals surface area contributed by atoms with Crippen LogP contribution < -0.4 is 11.2 Å². The average molecular weight is 244 g/mol. The van der Waals surface area contributed by atoms with E-state index >= 15 is 0 Å². The maximum atomic E-state index is 11.5. The number of nitrogens with zero attached hydrogens (tertiary/aromatic N) is 1. The Labute approximate surface area is 94.7 Å². The van der Waals surface area contributed by atoms with Crippen molar-refractivity contribution in [3.63, 3.8) is 0 Å². The number of aromatic amines is 1. The number of aliphatic hydroxyl groups excluding tert-OH is 2. The van der Waals surface area contributed by atoms with Gasteiger partial charge in [-0.3, -0.25) is 14.3 Å². The Morgan fingerprint density at radius 3 is 2.82 bits per heavy atom. The van der Waals surface area contributed by atoms with Gasteiger partial charge < -0.3 is 20.1 Å². The average Bonchev–Trinajstić information content (AvgIpc) is 2.65. The monoisotopic (exact) mass is 244 g/mol. The van der Waals surface area contributed by atoms with Crippen LogP contribution in [-0.4, -0.2) is 43.7 Å². The third kappa shape index (κ3) is 2.09. The van der Waals surface area contributed by atoms with Crippen LogP contribution in [0, 0.1) is 0 Å². The minimum Gasteiger partial charge on any atom is -0.502 e. The first-order valence-electron chi connectivity index (χ1n) is 5.01. The highest BCUT2D eigenvalue weighted by molar-refractivity contribution is 5.09. The lowest BCUT2D eigenvalue weighted by molar-refractivity contribution is -0.0460. The van der Waals surface area contributed by atoms with Crippen molar-refractivity contribution in [2.75, 3.05) is 6.61 Å². The number of aromatic nitrogens is 2. The predicted octanol–water partition coefficient (Wildman–Crippen LogP) is -2.12. The molecule has 94 valence electrons. The first-order valence-corrected chi connectivity index (χ1v) is 5.01. The second-order valence-corrected chi connectivity index (χ2v) is 3.80. The maximum absolute atomic E-state index is 11.5. The second kappa shape index (κ2) is 4.32. The minimum atomic E-state index is -0.897. The number of hydrogen-bond donors (Lipinski definition) is 4. The molecule has 0 aromatic carbocycles. The third-order valence-electron chi connectivity index (χ3n) is 2.64. The predicted molar refractivity (Wildman–Crippen MR) is 54.6 cm³/mol. The summed E-state index contributed by atoms with van der Waals surface area (Å²) in [7, 11) is 0. The van der Waals surface area contributed by atoms with Gasteiger partial charge >= 0.3 is 5.69 Å². The van der Waals surface area contributed by atoms with Gasteiger partial charge in [-0.2, -0.15) is 0 Å². The third-order valence-corrected chi connectivity index (χ3v) is 2.64. The summed E-state index contributed by atoms with van der Waals surface area (Å²) in [5.41, 5.74) is -1.63. The molecular formula is C9H12N2O6. The van der Waals surface area contributed by atoms with Gasteiger partial charge in [0.25, 0.3) is 5.56 Å². The smallest absolute Gasteiger partial charge is 0.330 e. The zero-order valence-electron chi connectivity index (χ0n) is 8.74. The number of aromatic hydroxyl groups is 1. The number of hydrogen-bond acceptors (Lipinski definition) is 6. The van der Waals surface area contributed by atoms with Crippen LogP contribution in [0.25, 0.3) is 0 Å². The molecule has 2 rings (SSSR count). The van der Waals surface area contributed by atoms with E-state index in [-0.39, 0.29) is 13.0 Å². The lowest BCUT2D eigenvalue weighted by atomic mass is 10.2. The summed E-state index contributed by atoms with van der Waals surface area (Å²) in [5.74, 6) is -0.616. The molecule has 0 aliphatic carbocycles. The van der Waals surface area contributed by atoms with Crippen molar-refractivity contribution in [2.45, 2.75) is 24.9 Å². The fourth-order valence-electron chi connectivity index (χ4n) is 1.74. The lowest BCUT2D eigenvalue weighted by Crippen LogP contribution is -2.32. The lowest BCUT2D eigenvalue weighted by Gasteiger charge is -2.14. The molecule has 1 saturated heterocycles. The molecule has 17 heavy (non-hydrogen) atoms. The van der Waals surface area contributed by atoms with Gasteiger partial charge in [0.1, 0.15) is 12.3 Å². The number of rotatable bonds is 2. The van der Waals surface area contributed by atoms with E-state index in [1.165, 1.54) is 0 Å². The van der Waals surface area contributed by atoms with E-state index in [2.05, 4.69) is 0 Å². The topological polar surface area (TPSA) is 125 Å². The second-order valence-electron chi connectivity index (χ2n) is 3.80. The van der Waals surface area contributed by atoms with E-state index in [1.807, 2.05) is 4.98 Å². The molecule has 1 fully saturated rings. The van der Waals surface area contributed by atoms with Crippen molar-refractivity contribution in [1.29, 1.82) is 0 Å². The highest BCUT2D eigenvalue weighted by Crippen LogP contribution is 2.27. The van der Waals surface area contributed by atoms with Crippen molar-refractivity contribution in [3.8, 4) is 5.75 Å². The van der Waals surface area contributed by atoms with Gasteiger partial charge in [-0.1, -0.05) is 0 Å². The van der Waals surface area contributed by atoms with E-state index in [0.717, 1.165) is 10.8 Å². The van der Waals surface area contributed by atoms with Crippen molar-refractivity contribution in [3.05, 3.63) is 27.0 Å². The standard InChI is InChI=1S/C9H12N2O6/c12-3-6-4(13)1-7(17-6)11-2-5(14)8(15)10-9(11)16/h2,4,6-7,12-14H,1,3H2,(H,10,15,16)/t4?,6-,7-/m1/s1. The molecule has 0 amide bonds. The first-order chi connectivity index (χ1) is 8.02. The van der Waals surface area contributed by atoms with E-state index in [4.69, 9.17) is 9.84 Å². The Morgan fingerprint density at radius 1 is 1.53 bits per heavy atom. The van der Waals surface area contributed by atoms with Crippen LogP contribution in [0.2, 0.25) is 0 Å². The zero-order chi connectivity index (χ0) is 12.6. The molecule has 1 aliphatic rings. The summed E-state index contributed by atoms with van der Waals surface area (Å²) in [6, 6.07) is 0. The van der Waals surface area contributed by atoms with Gasteiger partial charge in [-0.25, -0.2) is 4.79 Å². The maximum Gasteiger partial charge on any atom is 0.330 e. The Bertz CT molecular complexity index is 521. The Hall–Kier alpha value is -1.64. The molecule has 1 unspecified atom stereocenters. The van der Waals surface area contributed by atoms with Gasteiger partial charge in [0.2, 0.25) is 0 Å². The molecule has 0 bridgehead atoms. The molecule has 3 atom stereocenters. The van der Waals surface area contributed by atoms with Gasteiger partial charge in [0.05, 0.1) is 18.9 Å².